The molecule has 0 radical (unpaired) electrons. The van der Waals surface area contributed by atoms with Gasteiger partial charge in [-0.05, 0) is 47.8 Å². The highest BCUT2D eigenvalue weighted by Crippen LogP contribution is 2.37. The topological polar surface area (TPSA) is 125 Å². The molecule has 2 aromatic carbocycles. The fourth-order valence-electron chi connectivity index (χ4n) is 4.19. The lowest BCUT2D eigenvalue weighted by Crippen LogP contribution is -2.48. The zero-order chi connectivity index (χ0) is 27.0. The van der Waals surface area contributed by atoms with Gasteiger partial charge in [0, 0.05) is 12.2 Å². The van der Waals surface area contributed by atoms with Gasteiger partial charge in [-0.3, -0.25) is 9.59 Å². The molecule has 1 fully saturated rings. The van der Waals surface area contributed by atoms with Crippen molar-refractivity contribution in [2.24, 2.45) is 0 Å². The molecule has 2 aromatic heterocycles. The maximum atomic E-state index is 14.5. The van der Waals surface area contributed by atoms with E-state index >= 15 is 0 Å². The molecular formula is C26H22ClFN4O6. The standard InChI is InChI=1S/C26H22ClFN4O6/c1-36-19-12-18(38-31-19)23(33)30-26(10-11-26)25(35)29-13-14-6-8-15(9-7-14)32-17-5-3-4-16(28)20(17)21(27)22(32)24(34)37-2/h3-9,12H,10-11,13H2,1-2H3,(H,29,35)(H,30,33). The Balaban J connectivity index is 1.31. The van der Waals surface area contributed by atoms with E-state index in [1.54, 1.807) is 30.3 Å². The second kappa shape index (κ2) is 9.82. The van der Waals surface area contributed by atoms with Gasteiger partial charge >= 0.3 is 5.97 Å². The summed E-state index contributed by atoms with van der Waals surface area (Å²) in [6.07, 6.45) is 0.978. The quantitative estimate of drug-likeness (QED) is 0.326. The predicted molar refractivity (Wildman–Crippen MR) is 134 cm³/mol. The van der Waals surface area contributed by atoms with Crippen LogP contribution >= 0.6 is 11.6 Å². The fourth-order valence-corrected chi connectivity index (χ4v) is 4.54. The number of aromatic nitrogens is 2. The lowest BCUT2D eigenvalue weighted by molar-refractivity contribution is -0.124. The first kappa shape index (κ1) is 25.3. The number of hydrogen-bond donors (Lipinski definition) is 2. The van der Waals surface area contributed by atoms with Crippen LogP contribution in [0.25, 0.3) is 16.6 Å². The molecule has 2 heterocycles. The van der Waals surface area contributed by atoms with Crippen LogP contribution in [0.4, 0.5) is 4.39 Å². The molecule has 1 saturated carbocycles. The van der Waals surface area contributed by atoms with Gasteiger partial charge in [-0.1, -0.05) is 29.8 Å². The van der Waals surface area contributed by atoms with Crippen molar-refractivity contribution >= 4 is 40.3 Å². The number of hydrogen-bond acceptors (Lipinski definition) is 7. The molecule has 38 heavy (non-hydrogen) atoms. The predicted octanol–water partition coefficient (Wildman–Crippen LogP) is 3.79. The van der Waals surface area contributed by atoms with Crippen molar-refractivity contribution in [2.75, 3.05) is 14.2 Å². The van der Waals surface area contributed by atoms with Gasteiger partial charge in [-0.25, -0.2) is 9.18 Å². The molecule has 0 atom stereocenters. The number of methoxy groups -OCH3 is 2. The second-order valence-electron chi connectivity index (χ2n) is 8.74. The maximum Gasteiger partial charge on any atom is 0.356 e. The third-order valence-corrected chi connectivity index (χ3v) is 6.74. The Hall–Kier alpha value is -4.38. The van der Waals surface area contributed by atoms with E-state index in [4.69, 9.17) is 25.6 Å². The van der Waals surface area contributed by atoms with Crippen molar-refractivity contribution in [1.29, 1.82) is 0 Å². The Morgan fingerprint density at radius 3 is 2.53 bits per heavy atom. The minimum atomic E-state index is -1.02. The smallest absolute Gasteiger partial charge is 0.356 e. The summed E-state index contributed by atoms with van der Waals surface area (Å²) < 4.78 is 30.8. The first-order valence-electron chi connectivity index (χ1n) is 11.6. The number of amides is 2. The zero-order valence-electron chi connectivity index (χ0n) is 20.3. The van der Waals surface area contributed by atoms with Gasteiger partial charge in [0.15, 0.2) is 5.69 Å². The van der Waals surface area contributed by atoms with Crippen LogP contribution in [0.2, 0.25) is 5.02 Å². The molecule has 4 aromatic rings. The molecule has 1 aliphatic carbocycles. The molecule has 0 saturated heterocycles. The van der Waals surface area contributed by atoms with E-state index < -0.39 is 23.2 Å². The SMILES string of the molecule is COC(=O)c1c(Cl)c2c(F)cccc2n1-c1ccc(CNC(=O)C2(NC(=O)c3cc(OC)no3)CC2)cc1. The number of rotatable bonds is 8. The fraction of sp³-hybridized carbons (Fsp3) is 0.231. The van der Waals surface area contributed by atoms with E-state index in [1.165, 1.54) is 37.0 Å². The molecule has 12 heteroatoms. The Kier molecular flexibility index (Phi) is 6.53. The molecular weight excluding hydrogens is 519 g/mol. The van der Waals surface area contributed by atoms with Crippen molar-refractivity contribution in [2.45, 2.75) is 24.9 Å². The van der Waals surface area contributed by atoms with E-state index in [-0.39, 0.29) is 40.2 Å². The zero-order valence-corrected chi connectivity index (χ0v) is 21.1. The van der Waals surface area contributed by atoms with Crippen molar-refractivity contribution < 1.29 is 32.8 Å². The van der Waals surface area contributed by atoms with Crippen LogP contribution in [-0.2, 0) is 16.1 Å². The van der Waals surface area contributed by atoms with Gasteiger partial charge in [0.25, 0.3) is 11.8 Å². The minimum absolute atomic E-state index is 0.00566. The first-order valence-corrected chi connectivity index (χ1v) is 11.9. The van der Waals surface area contributed by atoms with Crippen LogP contribution in [0.15, 0.2) is 53.1 Å². The van der Waals surface area contributed by atoms with Crippen molar-refractivity contribution in [3.63, 3.8) is 0 Å². The number of esters is 1. The molecule has 0 unspecified atom stereocenters. The Morgan fingerprint density at radius 2 is 1.89 bits per heavy atom. The summed E-state index contributed by atoms with van der Waals surface area (Å²) in [7, 11) is 2.62. The van der Waals surface area contributed by atoms with Gasteiger partial charge in [0.1, 0.15) is 11.4 Å². The average Bonchev–Trinajstić information content (AvgIpc) is 3.41. The van der Waals surface area contributed by atoms with Crippen LogP contribution in [0, 0.1) is 5.82 Å². The number of benzene rings is 2. The lowest BCUT2D eigenvalue weighted by atomic mass is 10.1. The van der Waals surface area contributed by atoms with Crippen LogP contribution < -0.4 is 15.4 Å². The summed E-state index contributed by atoms with van der Waals surface area (Å²) in [6.45, 7) is 0.193. The van der Waals surface area contributed by atoms with Crippen LogP contribution in [-0.4, -0.2) is 47.3 Å². The summed E-state index contributed by atoms with van der Waals surface area (Å²) in [6, 6.07) is 12.8. The van der Waals surface area contributed by atoms with Gasteiger partial charge < -0.3 is 29.2 Å². The number of ether oxygens (including phenoxy) is 2. The molecule has 0 spiro atoms. The monoisotopic (exact) mass is 540 g/mol. The third kappa shape index (κ3) is 4.45. The normalized spacial score (nSPS) is 13.7. The summed E-state index contributed by atoms with van der Waals surface area (Å²) in [5.41, 5.74) is 0.712. The number of fused-ring (bicyclic) bond motifs is 1. The maximum absolute atomic E-state index is 14.5. The van der Waals surface area contributed by atoms with Gasteiger partial charge in [0.05, 0.1) is 36.2 Å². The number of nitrogens with one attached hydrogen (secondary N) is 2. The van der Waals surface area contributed by atoms with Crippen LogP contribution in [0.1, 0.15) is 39.4 Å². The summed E-state index contributed by atoms with van der Waals surface area (Å²) in [4.78, 5) is 37.8. The van der Waals surface area contributed by atoms with E-state index in [9.17, 15) is 18.8 Å². The van der Waals surface area contributed by atoms with Gasteiger partial charge in [-0.15, -0.1) is 0 Å². The molecule has 1 aliphatic rings. The lowest BCUT2D eigenvalue weighted by Gasteiger charge is -2.16. The van der Waals surface area contributed by atoms with E-state index in [1.807, 2.05) is 0 Å². The highest BCUT2D eigenvalue weighted by Gasteiger charge is 2.51. The number of halogens is 2. The Morgan fingerprint density at radius 1 is 1.16 bits per heavy atom. The van der Waals surface area contributed by atoms with Gasteiger partial charge in [-0.2, -0.15) is 0 Å². The molecule has 0 aliphatic heterocycles. The first-order chi connectivity index (χ1) is 18.3. The van der Waals surface area contributed by atoms with E-state index in [0.29, 0.717) is 24.0 Å². The summed E-state index contributed by atoms with van der Waals surface area (Å²) in [5.74, 6) is -2.05. The molecule has 2 amide bonds. The van der Waals surface area contributed by atoms with Gasteiger partial charge in [0.2, 0.25) is 11.7 Å². The Labute approximate surface area is 220 Å². The summed E-state index contributed by atoms with van der Waals surface area (Å²) in [5, 5.41) is 9.20. The third-order valence-electron chi connectivity index (χ3n) is 6.37. The van der Waals surface area contributed by atoms with Crippen molar-refractivity contribution in [3.8, 4) is 11.6 Å². The highest BCUT2D eigenvalue weighted by atomic mass is 35.5. The molecule has 5 rings (SSSR count). The second-order valence-corrected chi connectivity index (χ2v) is 9.12. The Bertz CT molecular complexity index is 1560. The minimum Gasteiger partial charge on any atom is -0.479 e. The van der Waals surface area contributed by atoms with E-state index in [2.05, 4.69) is 15.8 Å². The largest absolute Gasteiger partial charge is 0.479 e. The van der Waals surface area contributed by atoms with Crippen molar-refractivity contribution in [3.05, 3.63) is 76.4 Å². The molecule has 196 valence electrons. The highest BCUT2D eigenvalue weighted by molar-refractivity contribution is 6.38. The average molecular weight is 541 g/mol. The number of carbonyl (C=O) groups excluding carboxylic acids is 3. The van der Waals surface area contributed by atoms with Crippen LogP contribution in [0.5, 0.6) is 5.88 Å². The molecule has 10 nitrogen and oxygen atoms in total. The number of carbonyl (C=O) groups is 3. The van der Waals surface area contributed by atoms with Crippen LogP contribution in [0.3, 0.4) is 0 Å². The van der Waals surface area contributed by atoms with Crippen molar-refractivity contribution in [1.82, 2.24) is 20.4 Å². The van der Waals surface area contributed by atoms with E-state index in [0.717, 1.165) is 5.56 Å². The number of nitrogens with zero attached hydrogens (tertiary/aromatic N) is 2. The molecule has 0 bridgehead atoms. The summed E-state index contributed by atoms with van der Waals surface area (Å²) >= 11 is 6.38. The molecule has 2 N–H and O–H groups in total.